The van der Waals surface area contributed by atoms with Gasteiger partial charge in [-0.15, -0.1) is 0 Å². The van der Waals surface area contributed by atoms with Gasteiger partial charge < -0.3 is 14.4 Å². The number of esters is 1. The van der Waals surface area contributed by atoms with Gasteiger partial charge in [0.25, 0.3) is 0 Å². The number of ether oxygens (including phenoxy) is 2. The van der Waals surface area contributed by atoms with Crippen molar-refractivity contribution >= 4 is 12.1 Å². The van der Waals surface area contributed by atoms with Gasteiger partial charge >= 0.3 is 12.1 Å². The zero-order chi connectivity index (χ0) is 24.3. The summed E-state index contributed by atoms with van der Waals surface area (Å²) in [6, 6.07) is 25.7. The topological polar surface area (TPSA) is 55.8 Å². The molecular weight excluding hydrogens is 426 g/mol. The number of hydrogen-bond donors (Lipinski definition) is 0. The van der Waals surface area contributed by atoms with E-state index in [1.807, 2.05) is 75.4 Å². The van der Waals surface area contributed by atoms with E-state index in [0.29, 0.717) is 0 Å². The molecule has 0 bridgehead atoms. The maximum atomic E-state index is 12.8. The van der Waals surface area contributed by atoms with Crippen LogP contribution in [0.25, 0.3) is 11.1 Å². The Labute approximate surface area is 201 Å². The van der Waals surface area contributed by atoms with Crippen molar-refractivity contribution in [1.82, 2.24) is 4.90 Å². The highest BCUT2D eigenvalue weighted by Gasteiger charge is 2.31. The van der Waals surface area contributed by atoms with E-state index in [4.69, 9.17) is 9.47 Å². The monoisotopic (exact) mass is 457 g/mol. The molecule has 4 rings (SSSR count). The highest BCUT2D eigenvalue weighted by Crippen LogP contribution is 2.44. The zero-order valence-electron chi connectivity index (χ0n) is 20.2. The first-order valence-electron chi connectivity index (χ1n) is 11.6. The predicted molar refractivity (Wildman–Crippen MR) is 132 cm³/mol. The molecule has 0 aliphatic heterocycles. The molecule has 1 atom stereocenters. The van der Waals surface area contributed by atoms with Crippen molar-refractivity contribution in [3.63, 3.8) is 0 Å². The van der Waals surface area contributed by atoms with Crippen LogP contribution in [0.3, 0.4) is 0 Å². The van der Waals surface area contributed by atoms with Crippen LogP contribution < -0.4 is 0 Å². The largest absolute Gasteiger partial charge is 0.455 e. The van der Waals surface area contributed by atoms with Gasteiger partial charge in [0.05, 0.1) is 6.42 Å². The van der Waals surface area contributed by atoms with Crippen LogP contribution in [0.1, 0.15) is 49.8 Å². The van der Waals surface area contributed by atoms with Gasteiger partial charge in [-0.2, -0.15) is 0 Å². The van der Waals surface area contributed by atoms with E-state index in [1.165, 1.54) is 27.2 Å². The number of carbonyl (C=O) groups is 2. The first kappa shape index (κ1) is 23.6. The van der Waals surface area contributed by atoms with E-state index in [9.17, 15) is 9.59 Å². The molecule has 1 amide bonds. The number of rotatable bonds is 7. The Balaban J connectivity index is 1.34. The van der Waals surface area contributed by atoms with E-state index in [0.717, 1.165) is 5.56 Å². The summed E-state index contributed by atoms with van der Waals surface area (Å²) in [6.45, 7) is 5.79. The second kappa shape index (κ2) is 9.72. The number of hydrogen-bond acceptors (Lipinski definition) is 4. The normalized spacial score (nSPS) is 13.5. The van der Waals surface area contributed by atoms with E-state index in [2.05, 4.69) is 24.3 Å². The van der Waals surface area contributed by atoms with Gasteiger partial charge in [0.2, 0.25) is 0 Å². The Morgan fingerprint density at radius 2 is 1.41 bits per heavy atom. The van der Waals surface area contributed by atoms with Crippen LogP contribution in [-0.2, 0) is 19.9 Å². The van der Waals surface area contributed by atoms with Gasteiger partial charge in [-0.25, -0.2) is 4.79 Å². The standard InChI is InChI=1S/C29H31NO4/c1-20(18-27(31)34-29(2,3)21-12-6-5-7-13-21)30(4)28(32)33-19-26-24-16-10-8-14-22(24)23-15-9-11-17-25(23)26/h5-17,20,26H,18-19H2,1-4H3. The van der Waals surface area contributed by atoms with E-state index >= 15 is 0 Å². The van der Waals surface area contributed by atoms with Crippen LogP contribution in [0.5, 0.6) is 0 Å². The quantitative estimate of drug-likeness (QED) is 0.401. The fourth-order valence-electron chi connectivity index (χ4n) is 4.48. The fraction of sp³-hybridized carbons (Fsp3) is 0.310. The third-order valence-electron chi connectivity index (χ3n) is 6.59. The summed E-state index contributed by atoms with van der Waals surface area (Å²) in [5, 5.41) is 0. The molecule has 3 aromatic carbocycles. The van der Waals surface area contributed by atoms with Crippen LogP contribution in [0.15, 0.2) is 78.9 Å². The number of benzene rings is 3. The van der Waals surface area contributed by atoms with E-state index < -0.39 is 11.7 Å². The van der Waals surface area contributed by atoms with Gasteiger partial charge in [0.15, 0.2) is 0 Å². The van der Waals surface area contributed by atoms with E-state index in [1.54, 1.807) is 7.05 Å². The highest BCUT2D eigenvalue weighted by molar-refractivity contribution is 5.79. The summed E-state index contributed by atoms with van der Waals surface area (Å²) < 4.78 is 11.4. The molecule has 0 heterocycles. The molecule has 0 saturated carbocycles. The Kier molecular flexibility index (Phi) is 6.73. The summed E-state index contributed by atoms with van der Waals surface area (Å²) >= 11 is 0. The van der Waals surface area contributed by atoms with Gasteiger partial charge in [0.1, 0.15) is 12.2 Å². The minimum atomic E-state index is -0.750. The molecule has 0 spiro atoms. The number of nitrogens with zero attached hydrogens (tertiary/aromatic N) is 1. The molecule has 34 heavy (non-hydrogen) atoms. The SMILES string of the molecule is CC(CC(=O)OC(C)(C)c1ccccc1)N(C)C(=O)OCC1c2ccccc2-c2ccccc21. The third kappa shape index (κ3) is 4.84. The Morgan fingerprint density at radius 3 is 2.00 bits per heavy atom. The summed E-state index contributed by atoms with van der Waals surface area (Å²) in [6.07, 6.45) is -0.374. The lowest BCUT2D eigenvalue weighted by Crippen LogP contribution is -2.38. The minimum Gasteiger partial charge on any atom is -0.455 e. The molecule has 5 nitrogen and oxygen atoms in total. The molecule has 0 N–H and O–H groups in total. The zero-order valence-corrected chi connectivity index (χ0v) is 20.2. The molecule has 0 saturated heterocycles. The van der Waals surface area contributed by atoms with Crippen LogP contribution in [-0.4, -0.2) is 36.7 Å². The van der Waals surface area contributed by atoms with Crippen LogP contribution in [0.2, 0.25) is 0 Å². The average Bonchev–Trinajstić information content (AvgIpc) is 3.16. The third-order valence-corrected chi connectivity index (χ3v) is 6.59. The van der Waals surface area contributed by atoms with Crippen LogP contribution >= 0.6 is 0 Å². The maximum Gasteiger partial charge on any atom is 0.409 e. The van der Waals surface area contributed by atoms with Gasteiger partial charge in [-0.1, -0.05) is 78.9 Å². The second-order valence-corrected chi connectivity index (χ2v) is 9.32. The Bertz CT molecular complexity index is 1130. The van der Waals surface area contributed by atoms with Crippen LogP contribution in [0, 0.1) is 0 Å². The van der Waals surface area contributed by atoms with Gasteiger partial charge in [0, 0.05) is 19.0 Å². The van der Waals surface area contributed by atoms with Crippen LogP contribution in [0.4, 0.5) is 4.79 Å². The molecule has 1 unspecified atom stereocenters. The molecule has 0 fully saturated rings. The lowest BCUT2D eigenvalue weighted by molar-refractivity contribution is -0.158. The number of carbonyl (C=O) groups excluding carboxylic acids is 2. The molecule has 1 aliphatic carbocycles. The lowest BCUT2D eigenvalue weighted by atomic mass is 9.98. The molecule has 1 aliphatic rings. The molecule has 3 aromatic rings. The predicted octanol–water partition coefficient (Wildman–Crippen LogP) is 6.12. The number of amides is 1. The van der Waals surface area contributed by atoms with Crippen molar-refractivity contribution in [2.75, 3.05) is 13.7 Å². The molecular formula is C29H31NO4. The molecule has 0 radical (unpaired) electrons. The van der Waals surface area contributed by atoms with Crippen molar-refractivity contribution in [2.24, 2.45) is 0 Å². The van der Waals surface area contributed by atoms with Gasteiger partial charge in [-0.3, -0.25) is 4.79 Å². The number of fused-ring (bicyclic) bond motifs is 3. The van der Waals surface area contributed by atoms with Gasteiger partial charge in [-0.05, 0) is 48.6 Å². The first-order chi connectivity index (χ1) is 16.3. The van der Waals surface area contributed by atoms with Crippen molar-refractivity contribution in [3.8, 4) is 11.1 Å². The maximum absolute atomic E-state index is 12.8. The summed E-state index contributed by atoms with van der Waals surface area (Å²) in [5.74, 6) is -0.364. The second-order valence-electron chi connectivity index (χ2n) is 9.32. The highest BCUT2D eigenvalue weighted by atomic mass is 16.6. The fourth-order valence-corrected chi connectivity index (χ4v) is 4.48. The summed E-state index contributed by atoms with van der Waals surface area (Å²) in [7, 11) is 1.65. The summed E-state index contributed by atoms with van der Waals surface area (Å²) in [5.41, 5.74) is 4.87. The smallest absolute Gasteiger partial charge is 0.409 e. The first-order valence-corrected chi connectivity index (χ1v) is 11.6. The minimum absolute atomic E-state index is 0.00306. The average molecular weight is 458 g/mol. The van der Waals surface area contributed by atoms with E-state index in [-0.39, 0.29) is 31.0 Å². The van der Waals surface area contributed by atoms with Crippen molar-refractivity contribution in [3.05, 3.63) is 95.6 Å². The van der Waals surface area contributed by atoms with Crippen molar-refractivity contribution in [1.29, 1.82) is 0 Å². The van der Waals surface area contributed by atoms with Crippen molar-refractivity contribution < 1.29 is 19.1 Å². The molecule has 176 valence electrons. The molecule has 5 heteroatoms. The Morgan fingerprint density at radius 1 is 0.882 bits per heavy atom. The molecule has 0 aromatic heterocycles. The summed E-state index contributed by atoms with van der Waals surface area (Å²) in [4.78, 5) is 26.9. The van der Waals surface area contributed by atoms with Crippen molar-refractivity contribution in [2.45, 2.75) is 44.8 Å². The lowest BCUT2D eigenvalue weighted by Gasteiger charge is -2.28. The Hall–Kier alpha value is -3.60.